The molecule has 0 bridgehead atoms. The van der Waals surface area contributed by atoms with Gasteiger partial charge in [0.2, 0.25) is 0 Å². The largest absolute Gasteiger partial charge is 0.380 e. The number of anilines is 1. The molecule has 2 aromatic carbocycles. The van der Waals surface area contributed by atoms with Crippen LogP contribution >= 0.6 is 31.9 Å². The standard InChI is InChI=1S/C14H12Br2FN/c1-9-6-10(2-4-13(9)17)8-18-14-5-3-11(15)7-12(14)16/h2-7,18H,8H2,1H3. The van der Waals surface area contributed by atoms with Gasteiger partial charge < -0.3 is 5.32 Å². The molecule has 2 rings (SSSR count). The molecule has 0 aromatic heterocycles. The average Bonchev–Trinajstić information content (AvgIpc) is 2.32. The zero-order valence-electron chi connectivity index (χ0n) is 9.81. The van der Waals surface area contributed by atoms with Crippen molar-refractivity contribution in [3.8, 4) is 0 Å². The van der Waals surface area contributed by atoms with Gasteiger partial charge >= 0.3 is 0 Å². The van der Waals surface area contributed by atoms with Crippen LogP contribution in [0, 0.1) is 12.7 Å². The highest BCUT2D eigenvalue weighted by molar-refractivity contribution is 9.11. The minimum Gasteiger partial charge on any atom is -0.380 e. The highest BCUT2D eigenvalue weighted by atomic mass is 79.9. The van der Waals surface area contributed by atoms with Crippen LogP contribution in [-0.4, -0.2) is 0 Å². The summed E-state index contributed by atoms with van der Waals surface area (Å²) < 4.78 is 15.2. The summed E-state index contributed by atoms with van der Waals surface area (Å²) in [5.74, 6) is -0.163. The lowest BCUT2D eigenvalue weighted by Crippen LogP contribution is -2.00. The molecule has 0 heterocycles. The van der Waals surface area contributed by atoms with E-state index < -0.39 is 0 Å². The third kappa shape index (κ3) is 3.33. The SMILES string of the molecule is Cc1cc(CNc2ccc(Br)cc2Br)ccc1F. The number of nitrogens with one attached hydrogen (secondary N) is 1. The maximum atomic E-state index is 13.1. The first-order valence-electron chi connectivity index (χ1n) is 5.50. The number of benzene rings is 2. The van der Waals surface area contributed by atoms with E-state index in [4.69, 9.17) is 0 Å². The average molecular weight is 373 g/mol. The monoisotopic (exact) mass is 371 g/mol. The molecule has 2 aromatic rings. The van der Waals surface area contributed by atoms with Gasteiger partial charge in [0.15, 0.2) is 0 Å². The summed E-state index contributed by atoms with van der Waals surface area (Å²) in [6.07, 6.45) is 0. The lowest BCUT2D eigenvalue weighted by atomic mass is 10.1. The van der Waals surface area contributed by atoms with E-state index in [1.165, 1.54) is 6.07 Å². The molecule has 0 fully saturated rings. The molecule has 4 heteroatoms. The van der Waals surface area contributed by atoms with Crippen LogP contribution in [0.25, 0.3) is 0 Å². The van der Waals surface area contributed by atoms with Crippen LogP contribution in [0.3, 0.4) is 0 Å². The first kappa shape index (κ1) is 13.6. The molecule has 0 saturated heterocycles. The summed E-state index contributed by atoms with van der Waals surface area (Å²) in [5, 5.41) is 3.31. The van der Waals surface area contributed by atoms with E-state index in [0.717, 1.165) is 20.2 Å². The molecule has 0 aliphatic carbocycles. The Morgan fingerprint density at radius 2 is 1.89 bits per heavy atom. The number of aryl methyl sites for hydroxylation is 1. The van der Waals surface area contributed by atoms with E-state index >= 15 is 0 Å². The normalized spacial score (nSPS) is 10.4. The van der Waals surface area contributed by atoms with Crippen LogP contribution in [0.5, 0.6) is 0 Å². The fourth-order valence-corrected chi connectivity index (χ4v) is 2.83. The van der Waals surface area contributed by atoms with Gasteiger partial charge in [-0.1, -0.05) is 28.1 Å². The van der Waals surface area contributed by atoms with Crippen LogP contribution in [0.1, 0.15) is 11.1 Å². The minimum atomic E-state index is -0.163. The van der Waals surface area contributed by atoms with Crippen molar-refractivity contribution in [2.45, 2.75) is 13.5 Å². The molecule has 0 aliphatic rings. The highest BCUT2D eigenvalue weighted by Gasteiger charge is 2.02. The summed E-state index contributed by atoms with van der Waals surface area (Å²) in [6.45, 7) is 2.44. The van der Waals surface area contributed by atoms with E-state index in [2.05, 4.69) is 37.2 Å². The van der Waals surface area contributed by atoms with Crippen LogP contribution in [0.15, 0.2) is 45.3 Å². The molecule has 0 saturated carbocycles. The quantitative estimate of drug-likeness (QED) is 0.773. The highest BCUT2D eigenvalue weighted by Crippen LogP contribution is 2.26. The van der Waals surface area contributed by atoms with Crippen LogP contribution in [0.2, 0.25) is 0 Å². The van der Waals surface area contributed by atoms with Gasteiger partial charge in [-0.3, -0.25) is 0 Å². The predicted molar refractivity (Wildman–Crippen MR) is 80.3 cm³/mol. The van der Waals surface area contributed by atoms with Gasteiger partial charge in [-0.05, 0) is 58.2 Å². The summed E-state index contributed by atoms with van der Waals surface area (Å²) in [5.41, 5.74) is 2.74. The number of hydrogen-bond acceptors (Lipinski definition) is 1. The molecular formula is C14H12Br2FN. The van der Waals surface area contributed by atoms with Gasteiger partial charge in [0.05, 0.1) is 0 Å². The van der Waals surface area contributed by atoms with Gasteiger partial charge in [0.25, 0.3) is 0 Å². The Kier molecular flexibility index (Phi) is 4.40. The summed E-state index contributed by atoms with van der Waals surface area (Å²) in [4.78, 5) is 0. The van der Waals surface area contributed by atoms with Crippen molar-refractivity contribution in [2.75, 3.05) is 5.32 Å². The Hall–Kier alpha value is -0.870. The van der Waals surface area contributed by atoms with E-state index in [1.807, 2.05) is 24.3 Å². The van der Waals surface area contributed by atoms with Gasteiger partial charge in [-0.2, -0.15) is 0 Å². The van der Waals surface area contributed by atoms with Crippen molar-refractivity contribution in [1.29, 1.82) is 0 Å². The van der Waals surface area contributed by atoms with Gasteiger partial charge in [0.1, 0.15) is 5.82 Å². The first-order chi connectivity index (χ1) is 8.56. The van der Waals surface area contributed by atoms with Crippen molar-refractivity contribution in [3.63, 3.8) is 0 Å². The first-order valence-corrected chi connectivity index (χ1v) is 7.09. The molecule has 0 spiro atoms. The third-order valence-electron chi connectivity index (χ3n) is 2.64. The lowest BCUT2D eigenvalue weighted by Gasteiger charge is -2.09. The molecule has 1 N–H and O–H groups in total. The fourth-order valence-electron chi connectivity index (χ4n) is 1.65. The van der Waals surface area contributed by atoms with Crippen molar-refractivity contribution in [3.05, 3.63) is 62.3 Å². The van der Waals surface area contributed by atoms with Crippen LogP contribution < -0.4 is 5.32 Å². The van der Waals surface area contributed by atoms with E-state index in [9.17, 15) is 4.39 Å². The Labute approximate surface area is 123 Å². The number of hydrogen-bond donors (Lipinski definition) is 1. The fraction of sp³-hybridized carbons (Fsp3) is 0.143. The van der Waals surface area contributed by atoms with Crippen molar-refractivity contribution >= 4 is 37.5 Å². The second kappa shape index (κ2) is 5.85. The molecule has 1 nitrogen and oxygen atoms in total. The smallest absolute Gasteiger partial charge is 0.126 e. The zero-order chi connectivity index (χ0) is 13.1. The second-order valence-electron chi connectivity index (χ2n) is 4.06. The molecule has 0 unspecified atom stereocenters. The Bertz CT molecular complexity index is 570. The van der Waals surface area contributed by atoms with Gasteiger partial charge in [0, 0.05) is 21.2 Å². The lowest BCUT2D eigenvalue weighted by molar-refractivity contribution is 0.617. The maximum Gasteiger partial charge on any atom is 0.126 e. The molecule has 18 heavy (non-hydrogen) atoms. The van der Waals surface area contributed by atoms with Crippen molar-refractivity contribution in [2.24, 2.45) is 0 Å². The summed E-state index contributed by atoms with van der Waals surface area (Å²) in [6, 6.07) is 11.1. The summed E-state index contributed by atoms with van der Waals surface area (Å²) >= 11 is 6.90. The molecule has 94 valence electrons. The van der Waals surface area contributed by atoms with Gasteiger partial charge in [-0.25, -0.2) is 4.39 Å². The molecule has 0 amide bonds. The topological polar surface area (TPSA) is 12.0 Å². The van der Waals surface area contributed by atoms with Crippen molar-refractivity contribution in [1.82, 2.24) is 0 Å². The molecule has 0 radical (unpaired) electrons. The molecule has 0 atom stereocenters. The Balaban J connectivity index is 2.09. The molecule has 0 aliphatic heterocycles. The van der Waals surface area contributed by atoms with Crippen LogP contribution in [0.4, 0.5) is 10.1 Å². The number of halogens is 3. The van der Waals surface area contributed by atoms with Crippen LogP contribution in [-0.2, 0) is 6.54 Å². The predicted octanol–water partition coefficient (Wildman–Crippen LogP) is 5.27. The summed E-state index contributed by atoms with van der Waals surface area (Å²) in [7, 11) is 0. The van der Waals surface area contributed by atoms with E-state index in [-0.39, 0.29) is 5.82 Å². The third-order valence-corrected chi connectivity index (χ3v) is 3.79. The minimum absolute atomic E-state index is 0.163. The van der Waals surface area contributed by atoms with Gasteiger partial charge in [-0.15, -0.1) is 0 Å². The second-order valence-corrected chi connectivity index (χ2v) is 5.83. The van der Waals surface area contributed by atoms with E-state index in [1.54, 1.807) is 13.0 Å². The maximum absolute atomic E-state index is 13.1. The Morgan fingerprint density at radius 1 is 1.11 bits per heavy atom. The zero-order valence-corrected chi connectivity index (χ0v) is 13.0. The van der Waals surface area contributed by atoms with Crippen molar-refractivity contribution < 1.29 is 4.39 Å². The molecular weight excluding hydrogens is 361 g/mol. The number of rotatable bonds is 3. The van der Waals surface area contributed by atoms with E-state index in [0.29, 0.717) is 12.1 Å². The Morgan fingerprint density at radius 3 is 2.56 bits per heavy atom.